The second-order valence-electron chi connectivity index (χ2n) is 6.09. The van der Waals surface area contributed by atoms with Gasteiger partial charge in [0.2, 0.25) is 10.0 Å². The Labute approximate surface area is 160 Å². The number of hydrogen-bond acceptors (Lipinski definition) is 3. The van der Waals surface area contributed by atoms with Gasteiger partial charge in [-0.25, -0.2) is 18.1 Å². The summed E-state index contributed by atoms with van der Waals surface area (Å²) >= 11 is 0. The fourth-order valence-electron chi connectivity index (χ4n) is 2.72. The largest absolute Gasteiger partial charge is 0.416 e. The maximum atomic E-state index is 12.8. The average molecular weight is 409 g/mol. The Morgan fingerprint density at radius 2 is 1.79 bits per heavy atom. The molecule has 28 heavy (non-hydrogen) atoms. The molecule has 3 aromatic rings. The fraction of sp³-hybridized carbons (Fsp3) is 0.211. The van der Waals surface area contributed by atoms with Crippen molar-refractivity contribution in [1.29, 1.82) is 0 Å². The van der Waals surface area contributed by atoms with Crippen molar-refractivity contribution < 1.29 is 21.6 Å². The molecule has 9 heteroatoms. The number of hydrogen-bond donors (Lipinski definition) is 1. The van der Waals surface area contributed by atoms with E-state index in [0.29, 0.717) is 19.0 Å². The zero-order chi connectivity index (χ0) is 20.2. The Kier molecular flexibility index (Phi) is 5.85. The Morgan fingerprint density at radius 1 is 1.04 bits per heavy atom. The molecule has 1 aromatic heterocycles. The molecule has 0 unspecified atom stereocenters. The molecule has 0 atom stereocenters. The molecule has 0 saturated carbocycles. The zero-order valence-corrected chi connectivity index (χ0v) is 15.5. The molecule has 0 aliphatic heterocycles. The van der Waals surface area contributed by atoms with Crippen molar-refractivity contribution in [2.24, 2.45) is 0 Å². The predicted molar refractivity (Wildman–Crippen MR) is 98.9 cm³/mol. The van der Waals surface area contributed by atoms with E-state index in [1.807, 2.05) is 34.9 Å². The Bertz CT molecular complexity index is 1030. The van der Waals surface area contributed by atoms with Crippen molar-refractivity contribution in [3.05, 3.63) is 72.6 Å². The van der Waals surface area contributed by atoms with E-state index in [4.69, 9.17) is 0 Å². The minimum absolute atomic E-state index is 0.0883. The van der Waals surface area contributed by atoms with Gasteiger partial charge in [-0.3, -0.25) is 0 Å². The van der Waals surface area contributed by atoms with Crippen LogP contribution in [0.4, 0.5) is 13.2 Å². The van der Waals surface area contributed by atoms with E-state index in [-0.39, 0.29) is 6.54 Å². The molecule has 148 valence electrons. The molecule has 0 bridgehead atoms. The summed E-state index contributed by atoms with van der Waals surface area (Å²) in [5.41, 5.74) is -0.0571. The van der Waals surface area contributed by atoms with Gasteiger partial charge in [0.15, 0.2) is 0 Å². The highest BCUT2D eigenvalue weighted by Gasteiger charge is 2.31. The second kappa shape index (κ2) is 8.15. The molecule has 1 heterocycles. The number of nitrogens with zero attached hydrogens (tertiary/aromatic N) is 2. The lowest BCUT2D eigenvalue weighted by molar-refractivity contribution is -0.137. The van der Waals surface area contributed by atoms with E-state index in [0.717, 1.165) is 29.6 Å². The lowest BCUT2D eigenvalue weighted by atomic mass is 10.2. The number of halogens is 3. The van der Waals surface area contributed by atoms with Gasteiger partial charge in [0.25, 0.3) is 0 Å². The summed E-state index contributed by atoms with van der Waals surface area (Å²) in [5.74, 6) is 0.765. The number of alkyl halides is 3. The number of aromatic nitrogens is 2. The van der Waals surface area contributed by atoms with Crippen molar-refractivity contribution in [1.82, 2.24) is 14.3 Å². The minimum atomic E-state index is -4.60. The third kappa shape index (κ3) is 4.79. The highest BCUT2D eigenvalue weighted by Crippen LogP contribution is 2.30. The van der Waals surface area contributed by atoms with Crippen molar-refractivity contribution in [2.45, 2.75) is 24.0 Å². The van der Waals surface area contributed by atoms with E-state index in [1.165, 1.54) is 0 Å². The van der Waals surface area contributed by atoms with Crippen LogP contribution in [0.2, 0.25) is 0 Å². The monoisotopic (exact) mass is 409 g/mol. The molecular weight excluding hydrogens is 391 g/mol. The van der Waals surface area contributed by atoms with Crippen molar-refractivity contribution in [3.8, 4) is 11.4 Å². The average Bonchev–Trinajstić information content (AvgIpc) is 3.14. The van der Waals surface area contributed by atoms with Gasteiger partial charge < -0.3 is 4.57 Å². The van der Waals surface area contributed by atoms with Crippen molar-refractivity contribution in [3.63, 3.8) is 0 Å². The van der Waals surface area contributed by atoms with E-state index < -0.39 is 26.7 Å². The third-order valence-corrected chi connectivity index (χ3v) is 5.55. The van der Waals surface area contributed by atoms with Gasteiger partial charge in [0.1, 0.15) is 5.82 Å². The Morgan fingerprint density at radius 3 is 2.50 bits per heavy atom. The van der Waals surface area contributed by atoms with Crippen LogP contribution in [0.1, 0.15) is 12.0 Å². The van der Waals surface area contributed by atoms with Gasteiger partial charge in [-0.2, -0.15) is 13.2 Å². The maximum Gasteiger partial charge on any atom is 0.416 e. The minimum Gasteiger partial charge on any atom is -0.331 e. The first kappa shape index (κ1) is 20.1. The van der Waals surface area contributed by atoms with Crippen LogP contribution in [0.5, 0.6) is 0 Å². The van der Waals surface area contributed by atoms with Gasteiger partial charge in [-0.05, 0) is 24.6 Å². The van der Waals surface area contributed by atoms with Crippen LogP contribution in [0.3, 0.4) is 0 Å². The second-order valence-corrected chi connectivity index (χ2v) is 7.85. The molecule has 0 aliphatic rings. The highest BCUT2D eigenvalue weighted by atomic mass is 32.2. The summed E-state index contributed by atoms with van der Waals surface area (Å²) in [7, 11) is -4.02. The summed E-state index contributed by atoms with van der Waals surface area (Å²) in [6.45, 7) is 0.598. The number of nitrogens with one attached hydrogen (secondary N) is 1. The van der Waals surface area contributed by atoms with Crippen LogP contribution in [0, 0.1) is 0 Å². The van der Waals surface area contributed by atoms with E-state index in [9.17, 15) is 21.6 Å². The van der Waals surface area contributed by atoms with Gasteiger partial charge in [-0.1, -0.05) is 36.4 Å². The maximum absolute atomic E-state index is 12.8. The molecule has 2 aromatic carbocycles. The molecular formula is C19H18F3N3O2S. The fourth-order valence-corrected chi connectivity index (χ4v) is 3.84. The first-order chi connectivity index (χ1) is 13.3. The summed E-state index contributed by atoms with van der Waals surface area (Å²) in [4.78, 5) is 3.90. The lowest BCUT2D eigenvalue weighted by Crippen LogP contribution is -2.26. The van der Waals surface area contributed by atoms with Crippen LogP contribution < -0.4 is 4.72 Å². The summed E-state index contributed by atoms with van der Waals surface area (Å²) in [6, 6.07) is 13.2. The SMILES string of the molecule is O=S(=O)(NCCCn1ccnc1-c1ccccc1)c1cccc(C(F)(F)F)c1. The first-order valence-electron chi connectivity index (χ1n) is 8.51. The van der Waals surface area contributed by atoms with Crippen LogP contribution in [0.15, 0.2) is 71.9 Å². The number of aryl methyl sites for hydroxylation is 1. The molecule has 0 fully saturated rings. The Balaban J connectivity index is 1.61. The molecule has 0 saturated heterocycles. The number of imidazole rings is 1. The summed E-state index contributed by atoms with van der Waals surface area (Å²) < 4.78 is 67.1. The van der Waals surface area contributed by atoms with Crippen LogP contribution >= 0.6 is 0 Å². The smallest absolute Gasteiger partial charge is 0.331 e. The van der Waals surface area contributed by atoms with Crippen molar-refractivity contribution >= 4 is 10.0 Å². The highest BCUT2D eigenvalue weighted by molar-refractivity contribution is 7.89. The molecule has 0 spiro atoms. The molecule has 0 radical (unpaired) electrons. The third-order valence-electron chi connectivity index (χ3n) is 4.09. The van der Waals surface area contributed by atoms with Gasteiger partial charge in [-0.15, -0.1) is 0 Å². The quantitative estimate of drug-likeness (QED) is 0.602. The van der Waals surface area contributed by atoms with Crippen LogP contribution in [-0.4, -0.2) is 24.5 Å². The molecule has 3 rings (SSSR count). The van der Waals surface area contributed by atoms with Crippen LogP contribution in [0.25, 0.3) is 11.4 Å². The van der Waals surface area contributed by atoms with E-state index in [1.54, 1.807) is 12.4 Å². The number of sulfonamides is 1. The van der Waals surface area contributed by atoms with E-state index in [2.05, 4.69) is 9.71 Å². The number of rotatable bonds is 7. The van der Waals surface area contributed by atoms with Crippen LogP contribution in [-0.2, 0) is 22.7 Å². The first-order valence-corrected chi connectivity index (χ1v) is 9.99. The van der Waals surface area contributed by atoms with Crippen molar-refractivity contribution in [2.75, 3.05) is 6.54 Å². The topological polar surface area (TPSA) is 64.0 Å². The molecule has 0 aliphatic carbocycles. The summed E-state index contributed by atoms with van der Waals surface area (Å²) in [6.07, 6.45) is -0.687. The molecule has 0 amide bonds. The lowest BCUT2D eigenvalue weighted by Gasteiger charge is -2.11. The normalized spacial score (nSPS) is 12.2. The number of benzene rings is 2. The van der Waals surface area contributed by atoms with Gasteiger partial charge in [0.05, 0.1) is 10.5 Å². The van der Waals surface area contributed by atoms with E-state index >= 15 is 0 Å². The molecule has 1 N–H and O–H groups in total. The Hall–Kier alpha value is -2.65. The zero-order valence-electron chi connectivity index (χ0n) is 14.7. The molecule has 5 nitrogen and oxygen atoms in total. The summed E-state index contributed by atoms with van der Waals surface area (Å²) in [5, 5.41) is 0. The van der Waals surface area contributed by atoms with Gasteiger partial charge >= 0.3 is 6.18 Å². The standard InChI is InChI=1S/C19H18F3N3O2S/c20-19(21,22)16-8-4-9-17(14-16)28(26,27)24-10-5-12-25-13-11-23-18(25)15-6-2-1-3-7-15/h1-4,6-9,11,13-14,24H,5,10,12H2. The van der Waals surface area contributed by atoms with Gasteiger partial charge in [0, 0.05) is 31.0 Å². The predicted octanol–water partition coefficient (Wildman–Crippen LogP) is 3.94.